The highest BCUT2D eigenvalue weighted by Crippen LogP contribution is 1.97. The normalized spacial score (nSPS) is 17.2. The standard InChI is InChI=1S/C8H17NO5/c1-2-6(12)7(13)8(14)9-3-5(11)4-10/h5-7,10-13H,2-4H2,1H3,(H,9,14)/t5-,6+,7-/m0/s1. The van der Waals surface area contributed by atoms with Crippen molar-refractivity contribution in [3.8, 4) is 0 Å². The molecule has 6 heteroatoms. The van der Waals surface area contributed by atoms with Crippen LogP contribution >= 0.6 is 0 Å². The molecule has 0 saturated carbocycles. The predicted molar refractivity (Wildman–Crippen MR) is 48.4 cm³/mol. The molecule has 6 nitrogen and oxygen atoms in total. The molecule has 0 fully saturated rings. The van der Waals surface area contributed by atoms with E-state index in [0.29, 0.717) is 0 Å². The molecule has 0 spiro atoms. The Hall–Kier alpha value is -0.690. The molecule has 0 aromatic carbocycles. The van der Waals surface area contributed by atoms with Gasteiger partial charge in [0.2, 0.25) is 0 Å². The van der Waals surface area contributed by atoms with Gasteiger partial charge in [-0.2, -0.15) is 0 Å². The fourth-order valence-electron chi connectivity index (χ4n) is 0.786. The lowest BCUT2D eigenvalue weighted by Crippen LogP contribution is -2.44. The van der Waals surface area contributed by atoms with Crippen LogP contribution in [0.4, 0.5) is 0 Å². The molecule has 1 amide bonds. The van der Waals surface area contributed by atoms with Crippen molar-refractivity contribution in [1.82, 2.24) is 5.32 Å². The van der Waals surface area contributed by atoms with E-state index in [4.69, 9.17) is 20.4 Å². The first kappa shape index (κ1) is 13.3. The fourth-order valence-corrected chi connectivity index (χ4v) is 0.786. The SMILES string of the molecule is CC[C@@H](O)[C@H](O)C(=O)NC[C@H](O)CO. The molecule has 0 aliphatic heterocycles. The number of hydrogen-bond acceptors (Lipinski definition) is 5. The van der Waals surface area contributed by atoms with Crippen molar-refractivity contribution in [2.75, 3.05) is 13.2 Å². The first-order chi connectivity index (χ1) is 6.52. The van der Waals surface area contributed by atoms with E-state index in [2.05, 4.69) is 5.32 Å². The quantitative estimate of drug-likeness (QED) is 0.333. The van der Waals surface area contributed by atoms with Gasteiger partial charge in [0.25, 0.3) is 5.91 Å². The topological polar surface area (TPSA) is 110 Å². The molecule has 0 aromatic rings. The van der Waals surface area contributed by atoms with Gasteiger partial charge in [-0.3, -0.25) is 4.79 Å². The predicted octanol–water partition coefficient (Wildman–Crippen LogP) is -2.41. The lowest BCUT2D eigenvalue weighted by molar-refractivity contribution is -0.135. The van der Waals surface area contributed by atoms with Gasteiger partial charge in [-0.15, -0.1) is 0 Å². The van der Waals surface area contributed by atoms with Crippen molar-refractivity contribution < 1.29 is 25.2 Å². The van der Waals surface area contributed by atoms with E-state index in [-0.39, 0.29) is 13.0 Å². The van der Waals surface area contributed by atoms with Gasteiger partial charge in [-0.1, -0.05) is 6.92 Å². The maximum Gasteiger partial charge on any atom is 0.251 e. The molecule has 0 bridgehead atoms. The van der Waals surface area contributed by atoms with Crippen LogP contribution in [0.3, 0.4) is 0 Å². The minimum atomic E-state index is -1.49. The number of aliphatic hydroxyl groups is 4. The lowest BCUT2D eigenvalue weighted by Gasteiger charge is -2.16. The van der Waals surface area contributed by atoms with E-state index in [0.717, 1.165) is 0 Å². The van der Waals surface area contributed by atoms with Crippen molar-refractivity contribution in [3.05, 3.63) is 0 Å². The number of aliphatic hydroxyl groups excluding tert-OH is 4. The first-order valence-corrected chi connectivity index (χ1v) is 4.45. The van der Waals surface area contributed by atoms with Crippen LogP contribution in [0.1, 0.15) is 13.3 Å². The second-order valence-corrected chi connectivity index (χ2v) is 3.00. The maximum atomic E-state index is 11.0. The Balaban J connectivity index is 3.84. The second kappa shape index (κ2) is 6.72. The summed E-state index contributed by atoms with van der Waals surface area (Å²) in [5, 5.41) is 37.8. The zero-order chi connectivity index (χ0) is 11.1. The Morgan fingerprint density at radius 2 is 1.93 bits per heavy atom. The molecule has 14 heavy (non-hydrogen) atoms. The van der Waals surface area contributed by atoms with Crippen LogP contribution in [-0.2, 0) is 4.79 Å². The summed E-state index contributed by atoms with van der Waals surface area (Å²) in [6.07, 6.45) is -3.39. The Kier molecular flexibility index (Phi) is 6.39. The molecule has 84 valence electrons. The van der Waals surface area contributed by atoms with Crippen molar-refractivity contribution in [2.45, 2.75) is 31.7 Å². The number of hydrogen-bond donors (Lipinski definition) is 5. The van der Waals surface area contributed by atoms with Crippen molar-refractivity contribution >= 4 is 5.91 Å². The van der Waals surface area contributed by atoms with Gasteiger partial charge in [0.15, 0.2) is 6.10 Å². The molecule has 0 radical (unpaired) electrons. The molecule has 0 aromatic heterocycles. The summed E-state index contributed by atoms with van der Waals surface area (Å²) in [5.74, 6) is -0.758. The number of nitrogens with one attached hydrogen (secondary N) is 1. The summed E-state index contributed by atoms with van der Waals surface area (Å²) >= 11 is 0. The highest BCUT2D eigenvalue weighted by molar-refractivity contribution is 5.81. The van der Waals surface area contributed by atoms with Crippen molar-refractivity contribution in [1.29, 1.82) is 0 Å². The van der Waals surface area contributed by atoms with Gasteiger partial charge in [0.1, 0.15) is 0 Å². The third-order valence-corrected chi connectivity index (χ3v) is 1.77. The average Bonchev–Trinajstić information content (AvgIpc) is 2.22. The molecule has 0 unspecified atom stereocenters. The Morgan fingerprint density at radius 1 is 1.36 bits per heavy atom. The zero-order valence-electron chi connectivity index (χ0n) is 8.05. The van der Waals surface area contributed by atoms with Gasteiger partial charge >= 0.3 is 0 Å². The van der Waals surface area contributed by atoms with E-state index >= 15 is 0 Å². The Labute approximate surface area is 82.2 Å². The summed E-state index contributed by atoms with van der Waals surface area (Å²) in [7, 11) is 0. The van der Waals surface area contributed by atoms with Crippen LogP contribution in [0.5, 0.6) is 0 Å². The molecule has 0 saturated heterocycles. The van der Waals surface area contributed by atoms with Crippen LogP contribution in [0.2, 0.25) is 0 Å². The van der Waals surface area contributed by atoms with Crippen molar-refractivity contribution in [3.63, 3.8) is 0 Å². The van der Waals surface area contributed by atoms with Gasteiger partial charge in [-0.05, 0) is 6.42 Å². The summed E-state index contributed by atoms with van der Waals surface area (Å²) in [6.45, 7) is 1.01. The monoisotopic (exact) mass is 207 g/mol. The Bertz CT molecular complexity index is 175. The molecule has 5 N–H and O–H groups in total. The lowest BCUT2D eigenvalue weighted by atomic mass is 10.1. The van der Waals surface area contributed by atoms with E-state index in [1.54, 1.807) is 6.92 Å². The summed E-state index contributed by atoms with van der Waals surface area (Å²) < 4.78 is 0. The van der Waals surface area contributed by atoms with E-state index < -0.39 is 30.8 Å². The van der Waals surface area contributed by atoms with E-state index in [1.807, 2.05) is 0 Å². The minimum absolute atomic E-state index is 0.150. The summed E-state index contributed by atoms with van der Waals surface area (Å²) in [4.78, 5) is 11.0. The smallest absolute Gasteiger partial charge is 0.251 e. The fraction of sp³-hybridized carbons (Fsp3) is 0.875. The Morgan fingerprint density at radius 3 is 2.36 bits per heavy atom. The number of rotatable bonds is 6. The van der Waals surface area contributed by atoms with E-state index in [9.17, 15) is 4.79 Å². The van der Waals surface area contributed by atoms with Crippen molar-refractivity contribution in [2.24, 2.45) is 0 Å². The largest absolute Gasteiger partial charge is 0.394 e. The molecule has 3 atom stereocenters. The number of carbonyl (C=O) groups excluding carboxylic acids is 1. The molecule has 0 aliphatic carbocycles. The first-order valence-electron chi connectivity index (χ1n) is 4.45. The second-order valence-electron chi connectivity index (χ2n) is 3.00. The maximum absolute atomic E-state index is 11.0. The highest BCUT2D eigenvalue weighted by Gasteiger charge is 2.22. The van der Waals surface area contributed by atoms with Crippen LogP contribution < -0.4 is 5.32 Å². The number of amides is 1. The third-order valence-electron chi connectivity index (χ3n) is 1.77. The zero-order valence-corrected chi connectivity index (χ0v) is 8.05. The molecule has 0 rings (SSSR count). The third kappa shape index (κ3) is 4.52. The van der Waals surface area contributed by atoms with Gasteiger partial charge < -0.3 is 25.7 Å². The number of carbonyl (C=O) groups is 1. The van der Waals surface area contributed by atoms with Crippen LogP contribution in [0.15, 0.2) is 0 Å². The van der Waals surface area contributed by atoms with Crippen LogP contribution in [-0.4, -0.2) is 57.8 Å². The van der Waals surface area contributed by atoms with Crippen LogP contribution in [0, 0.1) is 0 Å². The van der Waals surface area contributed by atoms with Crippen LogP contribution in [0.25, 0.3) is 0 Å². The van der Waals surface area contributed by atoms with E-state index in [1.165, 1.54) is 0 Å². The molecular formula is C8H17NO5. The minimum Gasteiger partial charge on any atom is -0.394 e. The average molecular weight is 207 g/mol. The van der Waals surface area contributed by atoms with Gasteiger partial charge in [-0.25, -0.2) is 0 Å². The van der Waals surface area contributed by atoms with Gasteiger partial charge in [0.05, 0.1) is 18.8 Å². The summed E-state index contributed by atoms with van der Waals surface area (Å²) in [5.41, 5.74) is 0. The van der Waals surface area contributed by atoms with Gasteiger partial charge in [0, 0.05) is 6.54 Å². The molecule has 0 aliphatic rings. The molecular weight excluding hydrogens is 190 g/mol. The highest BCUT2D eigenvalue weighted by atomic mass is 16.3. The summed E-state index contributed by atoms with van der Waals surface area (Å²) in [6, 6.07) is 0. The molecule has 0 heterocycles.